The van der Waals surface area contributed by atoms with Crippen LogP contribution in [0.15, 0.2) is 24.3 Å². The predicted octanol–water partition coefficient (Wildman–Crippen LogP) is 3.56. The van der Waals surface area contributed by atoms with Crippen molar-refractivity contribution in [3.05, 3.63) is 34.4 Å². The van der Waals surface area contributed by atoms with E-state index in [-0.39, 0.29) is 18.3 Å². The van der Waals surface area contributed by atoms with Gasteiger partial charge in [0.1, 0.15) is 18.9 Å². The number of quaternary nitrogens is 1. The maximum absolute atomic E-state index is 11.8. The summed E-state index contributed by atoms with van der Waals surface area (Å²) in [5.74, 6) is -0.0178. The fraction of sp³-hybridized carbons (Fsp3) is 0.667. The molecule has 1 rings (SSSR count). The molecule has 0 aliphatic rings. The molecule has 182 valence electrons. The lowest BCUT2D eigenvalue weighted by molar-refractivity contribution is -0.890. The van der Waals surface area contributed by atoms with Gasteiger partial charge >= 0.3 is 5.97 Å². The summed E-state index contributed by atoms with van der Waals surface area (Å²) in [6.45, 7) is 1.40. The third-order valence-corrected chi connectivity index (χ3v) is 5.63. The van der Waals surface area contributed by atoms with Crippen molar-refractivity contribution >= 4 is 19.5 Å². The van der Waals surface area contributed by atoms with E-state index in [9.17, 15) is 24.4 Å². The van der Waals surface area contributed by atoms with Crippen LogP contribution in [-0.4, -0.2) is 54.1 Å². The first kappa shape index (κ1) is 28.2. The summed E-state index contributed by atoms with van der Waals surface area (Å²) in [5, 5.41) is 10.6. The molecule has 11 heteroatoms. The van der Waals surface area contributed by atoms with Crippen LogP contribution < -0.4 is 9.63 Å². The average Bonchev–Trinajstić information content (AvgIpc) is 2.68. The van der Waals surface area contributed by atoms with Gasteiger partial charge in [0.05, 0.1) is 25.6 Å². The molecule has 0 bridgehead atoms. The molecule has 0 heterocycles. The fourth-order valence-electron chi connectivity index (χ4n) is 3.20. The molecule has 1 atom stereocenters. The molecule has 10 nitrogen and oxygen atoms in total. The molecule has 32 heavy (non-hydrogen) atoms. The van der Waals surface area contributed by atoms with Crippen LogP contribution >= 0.6 is 7.82 Å². The van der Waals surface area contributed by atoms with Gasteiger partial charge in [0.15, 0.2) is 0 Å². The van der Waals surface area contributed by atoms with Gasteiger partial charge in [-0.3, -0.25) is 19.5 Å². The number of carbonyl (C=O) groups is 1. The van der Waals surface area contributed by atoms with Crippen LogP contribution in [0.3, 0.4) is 0 Å². The Balaban J connectivity index is 1.99. The van der Waals surface area contributed by atoms with Crippen molar-refractivity contribution in [3.8, 4) is 5.75 Å². The number of ether oxygens (including phenoxy) is 1. The number of esters is 1. The first-order chi connectivity index (χ1) is 15.0. The number of nitrogens with zero attached hydrogens (tertiary/aromatic N) is 2. The summed E-state index contributed by atoms with van der Waals surface area (Å²) < 4.78 is 20.8. The number of phosphoric ester groups is 1. The van der Waals surface area contributed by atoms with Gasteiger partial charge < -0.3 is 23.5 Å². The normalized spacial score (nSPS) is 13.5. The lowest BCUT2D eigenvalue weighted by Crippen LogP contribution is -2.43. The highest BCUT2D eigenvalue weighted by Crippen LogP contribution is 2.29. The minimum atomic E-state index is -4.64. The van der Waals surface area contributed by atoms with E-state index in [4.69, 9.17) is 9.63 Å². The fourth-order valence-corrected chi connectivity index (χ4v) is 3.52. The van der Waals surface area contributed by atoms with E-state index in [1.807, 2.05) is 14.1 Å². The largest absolute Gasteiger partial charge is 0.756 e. The van der Waals surface area contributed by atoms with Gasteiger partial charge in [0.2, 0.25) is 0 Å². The zero-order valence-electron chi connectivity index (χ0n) is 18.9. The lowest BCUT2D eigenvalue weighted by Gasteiger charge is -2.30. The van der Waals surface area contributed by atoms with Crippen LogP contribution in [0.1, 0.15) is 57.8 Å². The molecule has 1 aromatic carbocycles. The van der Waals surface area contributed by atoms with E-state index < -0.39 is 12.7 Å². The summed E-state index contributed by atoms with van der Waals surface area (Å²) in [5.41, 5.74) is -0.0434. The van der Waals surface area contributed by atoms with E-state index in [1.54, 1.807) is 0 Å². The topological polar surface area (TPSA) is 139 Å². The molecule has 1 aromatic rings. The molecule has 0 aromatic heterocycles. The Kier molecular flexibility index (Phi) is 12.6. The van der Waals surface area contributed by atoms with Crippen molar-refractivity contribution < 1.29 is 37.8 Å². The number of non-ortho nitro benzene ring substituents is 1. The summed E-state index contributed by atoms with van der Waals surface area (Å²) >= 11 is 0. The molecule has 1 unspecified atom stereocenters. The van der Waals surface area contributed by atoms with Crippen molar-refractivity contribution in [2.45, 2.75) is 57.8 Å². The van der Waals surface area contributed by atoms with Gasteiger partial charge in [-0.2, -0.15) is 0 Å². The van der Waals surface area contributed by atoms with Crippen LogP contribution in [0.2, 0.25) is 0 Å². The minimum Gasteiger partial charge on any atom is -0.756 e. The van der Waals surface area contributed by atoms with Gasteiger partial charge in [0.25, 0.3) is 13.5 Å². The smallest absolute Gasteiger partial charge is 0.311 e. The molecule has 0 fully saturated rings. The van der Waals surface area contributed by atoms with Crippen molar-refractivity contribution in [2.75, 3.05) is 33.8 Å². The quantitative estimate of drug-likeness (QED) is 0.0688. The Hall–Kier alpha value is -1.84. The number of benzene rings is 1. The highest BCUT2D eigenvalue weighted by molar-refractivity contribution is 7.44. The van der Waals surface area contributed by atoms with E-state index in [0.717, 1.165) is 57.9 Å². The number of nitro benzene ring substituents is 1. The van der Waals surface area contributed by atoms with Crippen molar-refractivity contribution in [3.63, 3.8) is 0 Å². The Morgan fingerprint density at radius 1 is 1.00 bits per heavy atom. The standard InChI is InChI=1S/C21H35N2O8P/c1-23(2,17-18-30-32(27,28)29)16-10-8-6-4-3-5-7-9-11-21(24)31-20-14-12-19(13-15-20)22(25)26/h12-15H,3-11,16-18H2,1-2H3,(H-,27,28,29). The first-order valence-electron chi connectivity index (χ1n) is 10.9. The Morgan fingerprint density at radius 3 is 2.06 bits per heavy atom. The number of hydrogen-bond donors (Lipinski definition) is 1. The van der Waals surface area contributed by atoms with Crippen molar-refractivity contribution in [2.24, 2.45) is 0 Å². The Morgan fingerprint density at radius 2 is 1.53 bits per heavy atom. The minimum absolute atomic E-state index is 0.0221. The van der Waals surface area contributed by atoms with Gasteiger partial charge in [-0.15, -0.1) is 0 Å². The maximum Gasteiger partial charge on any atom is 0.311 e. The molecule has 0 radical (unpaired) electrons. The van der Waals surface area contributed by atoms with Crippen LogP contribution in [0.25, 0.3) is 0 Å². The molecular weight excluding hydrogens is 439 g/mol. The Bertz CT molecular complexity index is 749. The SMILES string of the molecule is C[N+](C)(CCCCCCCCCCC(=O)Oc1ccc([N+](=O)[O-])cc1)CCOP(=O)([O-])O. The van der Waals surface area contributed by atoms with Crippen molar-refractivity contribution in [1.29, 1.82) is 0 Å². The number of rotatable bonds is 17. The molecule has 0 spiro atoms. The van der Waals surface area contributed by atoms with Crippen LogP contribution in [0, 0.1) is 10.1 Å². The van der Waals surface area contributed by atoms with Gasteiger partial charge in [0, 0.05) is 18.6 Å². The predicted molar refractivity (Wildman–Crippen MR) is 118 cm³/mol. The number of phosphoric acid groups is 1. The number of carbonyl (C=O) groups excluding carboxylic acids is 1. The van der Waals surface area contributed by atoms with Gasteiger partial charge in [-0.05, 0) is 31.4 Å². The molecule has 1 N–H and O–H groups in total. The number of likely N-dealkylation sites (N-methyl/N-ethyl adjacent to an activating group) is 1. The first-order valence-corrected chi connectivity index (χ1v) is 12.4. The number of hydrogen-bond acceptors (Lipinski definition) is 7. The monoisotopic (exact) mass is 474 g/mol. The zero-order valence-corrected chi connectivity index (χ0v) is 19.8. The zero-order chi connectivity index (χ0) is 24.0. The average molecular weight is 474 g/mol. The van der Waals surface area contributed by atoms with Gasteiger partial charge in [-0.1, -0.05) is 32.1 Å². The second kappa shape index (κ2) is 14.3. The van der Waals surface area contributed by atoms with E-state index in [2.05, 4.69) is 4.52 Å². The van der Waals surface area contributed by atoms with Crippen molar-refractivity contribution in [1.82, 2.24) is 0 Å². The third kappa shape index (κ3) is 14.3. The highest BCUT2D eigenvalue weighted by Gasteiger charge is 2.15. The molecule has 0 saturated heterocycles. The van der Waals surface area contributed by atoms with Crippen LogP contribution in [-0.2, 0) is 13.9 Å². The second-order valence-corrected chi connectivity index (χ2v) is 9.68. The van der Waals surface area contributed by atoms with Crippen LogP contribution in [0.4, 0.5) is 5.69 Å². The molecule has 0 saturated carbocycles. The molecule has 0 amide bonds. The number of nitro groups is 1. The van der Waals surface area contributed by atoms with E-state index >= 15 is 0 Å². The van der Waals surface area contributed by atoms with E-state index in [1.165, 1.54) is 24.3 Å². The summed E-state index contributed by atoms with van der Waals surface area (Å²) in [4.78, 5) is 41.1. The summed E-state index contributed by atoms with van der Waals surface area (Å²) in [6.07, 6.45) is 8.60. The second-order valence-electron chi connectivity index (χ2n) is 8.49. The van der Waals surface area contributed by atoms with E-state index in [0.29, 0.717) is 23.2 Å². The lowest BCUT2D eigenvalue weighted by atomic mass is 10.1. The van der Waals surface area contributed by atoms with Gasteiger partial charge in [-0.25, -0.2) is 0 Å². The van der Waals surface area contributed by atoms with Crippen LogP contribution in [0.5, 0.6) is 5.75 Å². The Labute approximate surface area is 189 Å². The summed E-state index contributed by atoms with van der Waals surface area (Å²) in [7, 11) is -0.631. The number of unbranched alkanes of at least 4 members (excludes halogenated alkanes) is 7. The third-order valence-electron chi connectivity index (χ3n) is 5.12. The molecule has 0 aliphatic heterocycles. The molecule has 0 aliphatic carbocycles. The maximum atomic E-state index is 11.8. The highest BCUT2D eigenvalue weighted by atomic mass is 31.2. The molecular formula is C21H35N2O8P. The summed E-state index contributed by atoms with van der Waals surface area (Å²) in [6, 6.07) is 5.45.